The molecule has 0 aliphatic carbocycles. The Morgan fingerprint density at radius 3 is 3.16 bits per heavy atom. The van der Waals surface area contributed by atoms with E-state index < -0.39 is 0 Å². The maximum Gasteiger partial charge on any atom is 0.133 e. The van der Waals surface area contributed by atoms with E-state index in [1.165, 1.54) is 0 Å². The number of aromatic nitrogens is 2. The Morgan fingerprint density at radius 1 is 1.53 bits per heavy atom. The van der Waals surface area contributed by atoms with Gasteiger partial charge in [-0.2, -0.15) is 0 Å². The Morgan fingerprint density at radius 2 is 2.42 bits per heavy atom. The van der Waals surface area contributed by atoms with E-state index in [1.807, 2.05) is 13.1 Å². The number of anilines is 2. The summed E-state index contributed by atoms with van der Waals surface area (Å²) in [5, 5.41) is 6.66. The van der Waals surface area contributed by atoms with E-state index in [2.05, 4.69) is 32.4 Å². The summed E-state index contributed by atoms with van der Waals surface area (Å²) in [5.74, 6) is 1.81. The van der Waals surface area contributed by atoms with Crippen LogP contribution in [0.4, 0.5) is 11.6 Å². The lowest BCUT2D eigenvalue weighted by atomic mass is 10.2. The molecule has 1 aromatic heterocycles. The highest BCUT2D eigenvalue weighted by Crippen LogP contribution is 2.12. The van der Waals surface area contributed by atoms with Crippen LogP contribution in [-0.2, 0) is 4.74 Å². The summed E-state index contributed by atoms with van der Waals surface area (Å²) in [6.45, 7) is 6.60. The van der Waals surface area contributed by atoms with Gasteiger partial charge in [-0.25, -0.2) is 9.97 Å². The van der Waals surface area contributed by atoms with Gasteiger partial charge in [0.2, 0.25) is 0 Å². The van der Waals surface area contributed by atoms with Gasteiger partial charge in [-0.15, -0.1) is 0 Å². The summed E-state index contributed by atoms with van der Waals surface area (Å²) < 4.78 is 5.65. The number of hydrogen-bond acceptors (Lipinski definition) is 6. The highest BCUT2D eigenvalue weighted by atomic mass is 16.5. The van der Waals surface area contributed by atoms with Crippen molar-refractivity contribution < 1.29 is 4.74 Å². The van der Waals surface area contributed by atoms with Crippen molar-refractivity contribution in [3.8, 4) is 0 Å². The summed E-state index contributed by atoms with van der Waals surface area (Å²) in [7, 11) is 2.02. The third-order valence-corrected chi connectivity index (χ3v) is 3.29. The first-order valence-corrected chi connectivity index (χ1v) is 6.89. The SMILES string of the molecule is CCN(C)c1cc(NCCC2CNCCO2)ncn1. The molecule has 19 heavy (non-hydrogen) atoms. The minimum absolute atomic E-state index is 0.306. The van der Waals surface area contributed by atoms with E-state index in [4.69, 9.17) is 4.74 Å². The first-order valence-electron chi connectivity index (χ1n) is 6.89. The molecule has 1 unspecified atom stereocenters. The van der Waals surface area contributed by atoms with Gasteiger partial charge in [0.1, 0.15) is 18.0 Å². The summed E-state index contributed by atoms with van der Waals surface area (Å²) in [4.78, 5) is 10.6. The minimum atomic E-state index is 0.306. The molecule has 1 fully saturated rings. The first kappa shape index (κ1) is 14.0. The van der Waals surface area contributed by atoms with Gasteiger partial charge in [0, 0.05) is 39.3 Å². The maximum absolute atomic E-state index is 5.65. The van der Waals surface area contributed by atoms with Crippen molar-refractivity contribution in [3.05, 3.63) is 12.4 Å². The van der Waals surface area contributed by atoms with Crippen LogP contribution in [0.5, 0.6) is 0 Å². The summed E-state index contributed by atoms with van der Waals surface area (Å²) in [5.41, 5.74) is 0. The fourth-order valence-electron chi connectivity index (χ4n) is 1.98. The Balaban J connectivity index is 1.78. The molecule has 106 valence electrons. The van der Waals surface area contributed by atoms with Crippen molar-refractivity contribution in [2.75, 3.05) is 50.1 Å². The predicted octanol–water partition coefficient (Wildman–Crippen LogP) is 0.723. The second-order valence-electron chi connectivity index (χ2n) is 4.69. The standard InChI is InChI=1S/C13H23N5O/c1-3-18(2)13-8-12(16-10-17-13)15-5-4-11-9-14-6-7-19-11/h8,10-11,14H,3-7,9H2,1-2H3,(H,15,16,17). The lowest BCUT2D eigenvalue weighted by Crippen LogP contribution is -2.39. The van der Waals surface area contributed by atoms with Crippen LogP contribution in [0.15, 0.2) is 12.4 Å². The minimum Gasteiger partial charge on any atom is -0.376 e. The molecule has 0 radical (unpaired) electrons. The van der Waals surface area contributed by atoms with E-state index >= 15 is 0 Å². The highest BCUT2D eigenvalue weighted by Gasteiger charge is 2.12. The molecule has 1 aliphatic heterocycles. The van der Waals surface area contributed by atoms with Gasteiger partial charge >= 0.3 is 0 Å². The maximum atomic E-state index is 5.65. The van der Waals surface area contributed by atoms with Crippen LogP contribution < -0.4 is 15.5 Å². The van der Waals surface area contributed by atoms with Crippen molar-refractivity contribution in [1.82, 2.24) is 15.3 Å². The molecular formula is C13H23N5O. The van der Waals surface area contributed by atoms with E-state index in [9.17, 15) is 0 Å². The van der Waals surface area contributed by atoms with Gasteiger partial charge in [-0.1, -0.05) is 0 Å². The molecule has 0 amide bonds. The van der Waals surface area contributed by atoms with E-state index in [0.29, 0.717) is 6.10 Å². The number of nitrogens with zero attached hydrogens (tertiary/aromatic N) is 3. The zero-order chi connectivity index (χ0) is 13.5. The molecule has 2 N–H and O–H groups in total. The number of morpholine rings is 1. The number of ether oxygens (including phenoxy) is 1. The third-order valence-electron chi connectivity index (χ3n) is 3.29. The van der Waals surface area contributed by atoms with Gasteiger partial charge in [-0.3, -0.25) is 0 Å². The Hall–Kier alpha value is -1.40. The molecule has 0 bridgehead atoms. The molecule has 1 atom stereocenters. The summed E-state index contributed by atoms with van der Waals surface area (Å²) in [6, 6.07) is 1.98. The average molecular weight is 265 g/mol. The van der Waals surface area contributed by atoms with Crippen LogP contribution in [0.2, 0.25) is 0 Å². The van der Waals surface area contributed by atoms with Gasteiger partial charge in [-0.05, 0) is 13.3 Å². The van der Waals surface area contributed by atoms with Crippen LogP contribution in [0.1, 0.15) is 13.3 Å². The summed E-state index contributed by atoms with van der Waals surface area (Å²) >= 11 is 0. The van der Waals surface area contributed by atoms with Gasteiger partial charge in [0.05, 0.1) is 12.7 Å². The molecule has 0 saturated carbocycles. The molecule has 2 heterocycles. The number of nitrogens with one attached hydrogen (secondary N) is 2. The highest BCUT2D eigenvalue weighted by molar-refractivity contribution is 5.47. The fourth-order valence-corrected chi connectivity index (χ4v) is 1.98. The van der Waals surface area contributed by atoms with Crippen molar-refractivity contribution in [2.24, 2.45) is 0 Å². The van der Waals surface area contributed by atoms with E-state index in [0.717, 1.165) is 50.8 Å². The molecule has 1 saturated heterocycles. The van der Waals surface area contributed by atoms with Crippen LogP contribution in [0.25, 0.3) is 0 Å². The number of hydrogen-bond donors (Lipinski definition) is 2. The topological polar surface area (TPSA) is 62.3 Å². The molecule has 1 aliphatic rings. The van der Waals surface area contributed by atoms with Crippen molar-refractivity contribution in [2.45, 2.75) is 19.4 Å². The zero-order valence-corrected chi connectivity index (χ0v) is 11.7. The lowest BCUT2D eigenvalue weighted by molar-refractivity contribution is 0.0258. The molecular weight excluding hydrogens is 242 g/mol. The Bertz CT molecular complexity index is 381. The smallest absolute Gasteiger partial charge is 0.133 e. The predicted molar refractivity (Wildman–Crippen MR) is 76.7 cm³/mol. The van der Waals surface area contributed by atoms with Crippen molar-refractivity contribution in [3.63, 3.8) is 0 Å². The molecule has 6 heteroatoms. The van der Waals surface area contributed by atoms with Gasteiger partial charge < -0.3 is 20.3 Å². The normalized spacial score (nSPS) is 19.2. The molecule has 0 spiro atoms. The second kappa shape index (κ2) is 7.25. The molecule has 1 aromatic rings. The summed E-state index contributed by atoms with van der Waals surface area (Å²) in [6.07, 6.45) is 2.89. The average Bonchev–Trinajstić information content (AvgIpc) is 2.48. The third kappa shape index (κ3) is 4.33. The number of rotatable bonds is 6. The Kier molecular flexibility index (Phi) is 5.35. The lowest BCUT2D eigenvalue weighted by Gasteiger charge is -2.23. The fraction of sp³-hybridized carbons (Fsp3) is 0.692. The van der Waals surface area contributed by atoms with Crippen molar-refractivity contribution in [1.29, 1.82) is 0 Å². The monoisotopic (exact) mass is 265 g/mol. The van der Waals surface area contributed by atoms with Crippen LogP contribution >= 0.6 is 0 Å². The van der Waals surface area contributed by atoms with Crippen LogP contribution in [-0.4, -0.2) is 55.9 Å². The van der Waals surface area contributed by atoms with Crippen molar-refractivity contribution >= 4 is 11.6 Å². The Labute approximate surface area is 114 Å². The molecule has 6 nitrogen and oxygen atoms in total. The van der Waals surface area contributed by atoms with Crippen LogP contribution in [0.3, 0.4) is 0 Å². The van der Waals surface area contributed by atoms with Crippen LogP contribution in [0, 0.1) is 0 Å². The van der Waals surface area contributed by atoms with E-state index in [1.54, 1.807) is 6.33 Å². The second-order valence-corrected chi connectivity index (χ2v) is 4.69. The molecule has 0 aromatic carbocycles. The zero-order valence-electron chi connectivity index (χ0n) is 11.7. The van der Waals surface area contributed by atoms with E-state index in [-0.39, 0.29) is 0 Å². The van der Waals surface area contributed by atoms with Gasteiger partial charge in [0.25, 0.3) is 0 Å². The quantitative estimate of drug-likeness (QED) is 0.790. The first-order chi connectivity index (χ1) is 9.29. The largest absolute Gasteiger partial charge is 0.376 e. The molecule has 2 rings (SSSR count). The van der Waals surface area contributed by atoms with Gasteiger partial charge in [0.15, 0.2) is 0 Å².